The second-order valence-corrected chi connectivity index (χ2v) is 8.83. The Bertz CT molecular complexity index is 725. The molecule has 4 heteroatoms. The smallest absolute Gasteiger partial charge is 0.308 e. The van der Waals surface area contributed by atoms with Gasteiger partial charge in [-0.05, 0) is 79.5 Å². The molecule has 1 aromatic carbocycles. The zero-order valence-corrected chi connectivity index (χ0v) is 17.0. The number of fused-ring (bicyclic) bond motifs is 1. The first-order valence-electron chi connectivity index (χ1n) is 10.2. The summed E-state index contributed by atoms with van der Waals surface area (Å²) in [6.45, 7) is 6.31. The predicted octanol–water partition coefficient (Wildman–Crippen LogP) is 4.45. The lowest BCUT2D eigenvalue weighted by Crippen LogP contribution is -2.44. The van der Waals surface area contributed by atoms with E-state index in [2.05, 4.69) is 6.92 Å². The fraction of sp³-hybridized carbons (Fsp3) is 0.652. The van der Waals surface area contributed by atoms with E-state index in [0.29, 0.717) is 18.1 Å². The number of methoxy groups -OCH3 is 1. The number of carbonyl (C=O) groups is 2. The first-order chi connectivity index (χ1) is 12.8. The van der Waals surface area contributed by atoms with Crippen LogP contribution in [-0.4, -0.2) is 24.0 Å². The zero-order valence-electron chi connectivity index (χ0n) is 17.0. The Morgan fingerprint density at radius 1 is 1.37 bits per heavy atom. The Hall–Kier alpha value is -1.84. The van der Waals surface area contributed by atoms with E-state index < -0.39 is 0 Å². The van der Waals surface area contributed by atoms with Crippen LogP contribution in [-0.2, 0) is 20.7 Å². The zero-order chi connectivity index (χ0) is 19.8. The number of benzene rings is 1. The predicted molar refractivity (Wildman–Crippen MR) is 104 cm³/mol. The molecule has 0 aliphatic heterocycles. The summed E-state index contributed by atoms with van der Waals surface area (Å²) in [7, 11) is 1.46. The highest BCUT2D eigenvalue weighted by molar-refractivity contribution is 5.82. The first kappa shape index (κ1) is 19.9. The van der Waals surface area contributed by atoms with E-state index in [1.165, 1.54) is 7.11 Å². The Balaban J connectivity index is 1.77. The monoisotopic (exact) mass is 372 g/mol. The fourth-order valence-electron chi connectivity index (χ4n) is 5.90. The van der Waals surface area contributed by atoms with E-state index >= 15 is 0 Å². The van der Waals surface area contributed by atoms with Crippen LogP contribution in [0.1, 0.15) is 57.1 Å². The SMILES string of the molecule is COC(=O)C(C)C1CCC2C(CCc3cc(O)ccc3C)C(=O)CCC12C. The number of rotatable bonds is 5. The summed E-state index contributed by atoms with van der Waals surface area (Å²) in [4.78, 5) is 24.9. The van der Waals surface area contributed by atoms with E-state index in [1.54, 1.807) is 6.07 Å². The molecule has 5 unspecified atom stereocenters. The van der Waals surface area contributed by atoms with Crippen LogP contribution in [0, 0.1) is 36.0 Å². The van der Waals surface area contributed by atoms with Gasteiger partial charge in [0, 0.05) is 12.3 Å². The molecule has 5 atom stereocenters. The van der Waals surface area contributed by atoms with Crippen molar-refractivity contribution in [3.8, 4) is 5.75 Å². The van der Waals surface area contributed by atoms with Gasteiger partial charge in [-0.15, -0.1) is 0 Å². The van der Waals surface area contributed by atoms with Crippen LogP contribution in [0.25, 0.3) is 0 Å². The number of aromatic hydroxyl groups is 1. The first-order valence-corrected chi connectivity index (χ1v) is 10.2. The normalized spacial score (nSPS) is 31.4. The molecule has 2 aliphatic rings. The Labute approximate surface area is 162 Å². The van der Waals surface area contributed by atoms with Crippen molar-refractivity contribution in [2.75, 3.05) is 7.11 Å². The summed E-state index contributed by atoms with van der Waals surface area (Å²) in [6.07, 6.45) is 5.12. The van der Waals surface area contributed by atoms with Crippen LogP contribution in [0.2, 0.25) is 0 Å². The molecule has 1 N–H and O–H groups in total. The Morgan fingerprint density at radius 2 is 2.11 bits per heavy atom. The molecule has 3 rings (SSSR count). The highest BCUT2D eigenvalue weighted by Gasteiger charge is 2.55. The van der Waals surface area contributed by atoms with Gasteiger partial charge < -0.3 is 9.84 Å². The average Bonchev–Trinajstić information content (AvgIpc) is 3.00. The van der Waals surface area contributed by atoms with E-state index in [4.69, 9.17) is 4.74 Å². The molecule has 0 heterocycles. The number of aryl methyl sites for hydroxylation is 2. The number of Topliss-reactive ketones (excluding diaryl/α,β-unsaturated/α-hetero) is 1. The van der Waals surface area contributed by atoms with Gasteiger partial charge in [-0.3, -0.25) is 9.59 Å². The minimum atomic E-state index is -0.134. The molecule has 0 spiro atoms. The maximum Gasteiger partial charge on any atom is 0.308 e. The molecule has 2 saturated carbocycles. The van der Waals surface area contributed by atoms with Gasteiger partial charge in [-0.2, -0.15) is 0 Å². The van der Waals surface area contributed by atoms with Gasteiger partial charge in [0.25, 0.3) is 0 Å². The summed E-state index contributed by atoms with van der Waals surface area (Å²) < 4.78 is 5.00. The van der Waals surface area contributed by atoms with Crippen LogP contribution < -0.4 is 0 Å². The topological polar surface area (TPSA) is 63.6 Å². The summed E-state index contributed by atoms with van der Waals surface area (Å²) in [5.74, 6) is 1.09. The molecule has 2 fully saturated rings. The molecule has 0 amide bonds. The lowest BCUT2D eigenvalue weighted by molar-refractivity contribution is -0.149. The molecular weight excluding hydrogens is 340 g/mol. The third kappa shape index (κ3) is 3.63. The third-order valence-electron chi connectivity index (χ3n) is 7.53. The second kappa shape index (κ2) is 7.65. The van der Waals surface area contributed by atoms with Crippen molar-refractivity contribution >= 4 is 11.8 Å². The Kier molecular flexibility index (Phi) is 5.64. The van der Waals surface area contributed by atoms with Gasteiger partial charge in [0.15, 0.2) is 0 Å². The number of ether oxygens (including phenoxy) is 1. The highest BCUT2D eigenvalue weighted by atomic mass is 16.5. The minimum absolute atomic E-state index is 0.0278. The number of carbonyl (C=O) groups excluding carboxylic acids is 2. The van der Waals surface area contributed by atoms with Crippen LogP contribution >= 0.6 is 0 Å². The molecular formula is C23H32O4. The molecule has 148 valence electrons. The Morgan fingerprint density at radius 3 is 2.81 bits per heavy atom. The van der Waals surface area contributed by atoms with Crippen molar-refractivity contribution < 1.29 is 19.4 Å². The average molecular weight is 373 g/mol. The minimum Gasteiger partial charge on any atom is -0.508 e. The lowest BCUT2D eigenvalue weighted by atomic mass is 9.58. The van der Waals surface area contributed by atoms with Gasteiger partial charge in [-0.1, -0.05) is 19.9 Å². The number of ketones is 1. The quantitative estimate of drug-likeness (QED) is 0.776. The summed E-state index contributed by atoms with van der Waals surface area (Å²) in [5.41, 5.74) is 2.30. The number of hydrogen-bond acceptors (Lipinski definition) is 4. The molecule has 0 saturated heterocycles. The number of phenolic OH excluding ortho intramolecular Hbond substituents is 1. The molecule has 2 aliphatic carbocycles. The van der Waals surface area contributed by atoms with Gasteiger partial charge >= 0.3 is 5.97 Å². The van der Waals surface area contributed by atoms with Crippen LogP contribution in [0.4, 0.5) is 0 Å². The van der Waals surface area contributed by atoms with E-state index in [9.17, 15) is 14.7 Å². The van der Waals surface area contributed by atoms with Gasteiger partial charge in [-0.25, -0.2) is 0 Å². The molecule has 27 heavy (non-hydrogen) atoms. The van der Waals surface area contributed by atoms with E-state index in [1.807, 2.05) is 26.0 Å². The largest absolute Gasteiger partial charge is 0.508 e. The van der Waals surface area contributed by atoms with Crippen molar-refractivity contribution in [2.45, 2.75) is 59.3 Å². The summed E-state index contributed by atoms with van der Waals surface area (Å²) in [5, 5.41) is 9.78. The maximum atomic E-state index is 12.8. The molecule has 0 bridgehead atoms. The van der Waals surface area contributed by atoms with Crippen molar-refractivity contribution in [3.05, 3.63) is 29.3 Å². The van der Waals surface area contributed by atoms with Gasteiger partial charge in [0.1, 0.15) is 11.5 Å². The maximum absolute atomic E-state index is 12.8. The summed E-state index contributed by atoms with van der Waals surface area (Å²) in [6, 6.07) is 5.46. The standard InChI is InChI=1S/C23H32O4/c1-14-5-7-17(24)13-16(14)6-8-18-20-10-9-19(15(2)22(26)27-4)23(20,3)12-11-21(18)25/h5,7,13,15,18-20,24H,6,8-12H2,1-4H3. The molecule has 0 aromatic heterocycles. The summed E-state index contributed by atoms with van der Waals surface area (Å²) >= 11 is 0. The van der Waals surface area contributed by atoms with E-state index in [0.717, 1.165) is 43.2 Å². The van der Waals surface area contributed by atoms with Crippen molar-refractivity contribution in [2.24, 2.45) is 29.1 Å². The fourth-order valence-corrected chi connectivity index (χ4v) is 5.90. The van der Waals surface area contributed by atoms with Gasteiger partial charge in [0.05, 0.1) is 13.0 Å². The van der Waals surface area contributed by atoms with E-state index in [-0.39, 0.29) is 34.9 Å². The van der Waals surface area contributed by atoms with Crippen molar-refractivity contribution in [1.82, 2.24) is 0 Å². The van der Waals surface area contributed by atoms with Crippen LogP contribution in [0.15, 0.2) is 18.2 Å². The molecule has 4 nitrogen and oxygen atoms in total. The number of esters is 1. The third-order valence-corrected chi connectivity index (χ3v) is 7.53. The second-order valence-electron chi connectivity index (χ2n) is 8.83. The van der Waals surface area contributed by atoms with Crippen LogP contribution in [0.5, 0.6) is 5.75 Å². The van der Waals surface area contributed by atoms with Gasteiger partial charge in [0.2, 0.25) is 0 Å². The highest BCUT2D eigenvalue weighted by Crippen LogP contribution is 2.59. The number of hydrogen-bond donors (Lipinski definition) is 1. The van der Waals surface area contributed by atoms with Crippen molar-refractivity contribution in [1.29, 1.82) is 0 Å². The lowest BCUT2D eigenvalue weighted by Gasteiger charge is -2.45. The van der Waals surface area contributed by atoms with Crippen LogP contribution in [0.3, 0.4) is 0 Å². The molecule has 1 aromatic rings. The number of phenols is 1. The molecule has 0 radical (unpaired) electrons. The van der Waals surface area contributed by atoms with Crippen molar-refractivity contribution in [3.63, 3.8) is 0 Å².